The maximum absolute atomic E-state index is 13.7. The van der Waals surface area contributed by atoms with Gasteiger partial charge in [0, 0.05) is 61.9 Å². The number of phenols is 1. The highest BCUT2D eigenvalue weighted by atomic mass is 19.1. The number of ether oxygens (including phenoxy) is 1. The van der Waals surface area contributed by atoms with Crippen LogP contribution < -0.4 is 19.9 Å². The maximum Gasteiger partial charge on any atom is 0.255 e. The summed E-state index contributed by atoms with van der Waals surface area (Å²) < 4.78 is 19.9. The van der Waals surface area contributed by atoms with Gasteiger partial charge in [-0.25, -0.2) is 4.39 Å². The molecule has 0 spiro atoms. The SMILES string of the molecule is C=C1CCC(N2Cc3cc(N4CCN(CCCCCOc5ccc(C6c7ccc(O)cc7CCN6c6ccc(F)cc6)cc5)CC4)ccc3C2=O)C(=O)N1. The number of benzene rings is 4. The van der Waals surface area contributed by atoms with E-state index in [-0.39, 0.29) is 29.4 Å². The molecule has 54 heavy (non-hydrogen) atoms. The number of halogens is 1. The maximum atomic E-state index is 13.7. The van der Waals surface area contributed by atoms with E-state index in [1.807, 2.05) is 42.5 Å². The van der Waals surface area contributed by atoms with E-state index in [1.165, 1.54) is 12.1 Å². The second-order valence-electron chi connectivity index (χ2n) is 14.9. The van der Waals surface area contributed by atoms with Gasteiger partial charge in [0.15, 0.2) is 0 Å². The van der Waals surface area contributed by atoms with Crippen LogP contribution >= 0.6 is 0 Å². The predicted octanol–water partition coefficient (Wildman–Crippen LogP) is 6.80. The zero-order valence-corrected chi connectivity index (χ0v) is 30.7. The monoisotopic (exact) mass is 729 g/mol. The van der Waals surface area contributed by atoms with Gasteiger partial charge in [-0.3, -0.25) is 14.5 Å². The number of hydrogen-bond donors (Lipinski definition) is 2. The number of carbonyl (C=O) groups is 2. The van der Waals surface area contributed by atoms with Crippen LogP contribution in [-0.2, 0) is 17.8 Å². The molecule has 4 aliphatic rings. The van der Waals surface area contributed by atoms with Crippen molar-refractivity contribution in [3.8, 4) is 11.5 Å². The van der Waals surface area contributed by atoms with E-state index in [0.717, 1.165) is 110 Å². The average Bonchev–Trinajstić information content (AvgIpc) is 3.51. The lowest BCUT2D eigenvalue weighted by Gasteiger charge is -2.39. The normalized spacial score (nSPS) is 20.2. The van der Waals surface area contributed by atoms with Gasteiger partial charge in [0.05, 0.1) is 12.6 Å². The van der Waals surface area contributed by atoms with Crippen molar-refractivity contribution < 1.29 is 23.8 Å². The van der Waals surface area contributed by atoms with Crippen LogP contribution in [0.25, 0.3) is 0 Å². The molecular formula is C44H48FN5O4. The third kappa shape index (κ3) is 7.53. The van der Waals surface area contributed by atoms with Crippen LogP contribution in [-0.4, -0.2) is 78.6 Å². The number of nitrogens with one attached hydrogen (secondary N) is 1. The van der Waals surface area contributed by atoms with Gasteiger partial charge in [0.1, 0.15) is 23.4 Å². The number of rotatable bonds is 11. The first-order valence-corrected chi connectivity index (χ1v) is 19.3. The van der Waals surface area contributed by atoms with Crippen LogP contribution in [0.4, 0.5) is 15.8 Å². The fraction of sp³-hybridized carbons (Fsp3) is 0.364. The van der Waals surface area contributed by atoms with Crippen LogP contribution in [0.1, 0.15) is 70.8 Å². The summed E-state index contributed by atoms with van der Waals surface area (Å²) in [7, 11) is 0. The number of anilines is 2. The quantitative estimate of drug-likeness (QED) is 0.164. The van der Waals surface area contributed by atoms with E-state index in [1.54, 1.807) is 11.0 Å². The molecule has 0 radical (unpaired) electrons. The molecule has 2 amide bonds. The summed E-state index contributed by atoms with van der Waals surface area (Å²) >= 11 is 0. The molecule has 4 aliphatic heterocycles. The number of carbonyl (C=O) groups excluding carboxylic acids is 2. The number of piperidine rings is 1. The standard InChI is InChI=1S/C44H48FN5O4/c1-30-5-18-41(43(52)46-30)50-29-33-27-36(12-16-40(33)44(50)53)48-24-22-47(23-25-48)20-3-2-4-26-54-38-14-6-31(7-15-38)42-39-17-13-37(51)28-32(39)19-21-49(42)35-10-8-34(45)9-11-35/h6-17,27-28,41-42,51H,1-5,18-26,29H2,(H,46,52). The molecule has 0 saturated carbocycles. The Morgan fingerprint density at radius 3 is 2.35 bits per heavy atom. The minimum atomic E-state index is -0.438. The van der Waals surface area contributed by atoms with Gasteiger partial charge in [-0.15, -0.1) is 0 Å². The molecule has 4 aromatic carbocycles. The van der Waals surface area contributed by atoms with Gasteiger partial charge < -0.3 is 29.9 Å². The number of piperazine rings is 1. The molecule has 2 fully saturated rings. The second-order valence-corrected chi connectivity index (χ2v) is 14.9. The highest BCUT2D eigenvalue weighted by Crippen LogP contribution is 2.40. The summed E-state index contributed by atoms with van der Waals surface area (Å²) in [5.74, 6) is 0.676. The summed E-state index contributed by atoms with van der Waals surface area (Å²) in [6, 6.07) is 26.2. The molecule has 2 atom stereocenters. The van der Waals surface area contributed by atoms with Gasteiger partial charge >= 0.3 is 0 Å². The molecule has 0 aromatic heterocycles. The first-order valence-electron chi connectivity index (χ1n) is 19.3. The molecular weight excluding hydrogens is 682 g/mol. The fourth-order valence-corrected chi connectivity index (χ4v) is 8.50. The Kier molecular flexibility index (Phi) is 10.3. The number of aromatic hydroxyl groups is 1. The largest absolute Gasteiger partial charge is 0.508 e. The van der Waals surface area contributed by atoms with Gasteiger partial charge in [-0.05, 0) is 134 Å². The van der Waals surface area contributed by atoms with E-state index in [2.05, 4.69) is 50.9 Å². The number of allylic oxidation sites excluding steroid dienone is 1. The van der Waals surface area contributed by atoms with Gasteiger partial charge in [-0.2, -0.15) is 0 Å². The lowest BCUT2D eigenvalue weighted by Crippen LogP contribution is -2.49. The molecule has 9 nitrogen and oxygen atoms in total. The summed E-state index contributed by atoms with van der Waals surface area (Å²) in [5, 5.41) is 12.9. The fourth-order valence-electron chi connectivity index (χ4n) is 8.50. The van der Waals surface area contributed by atoms with E-state index in [0.29, 0.717) is 31.6 Å². The Balaban J connectivity index is 0.778. The average molecular weight is 730 g/mol. The molecule has 0 bridgehead atoms. The smallest absolute Gasteiger partial charge is 0.255 e. The minimum Gasteiger partial charge on any atom is -0.508 e. The number of fused-ring (bicyclic) bond motifs is 2. The molecule has 4 aromatic rings. The molecule has 4 heterocycles. The molecule has 280 valence electrons. The first-order chi connectivity index (χ1) is 26.3. The summed E-state index contributed by atoms with van der Waals surface area (Å²) in [6.07, 6.45) is 5.32. The third-order valence-corrected chi connectivity index (χ3v) is 11.5. The third-order valence-electron chi connectivity index (χ3n) is 11.5. The van der Waals surface area contributed by atoms with Crippen molar-refractivity contribution in [2.24, 2.45) is 0 Å². The highest BCUT2D eigenvalue weighted by Gasteiger charge is 2.38. The number of amides is 2. The van der Waals surface area contributed by atoms with E-state index in [4.69, 9.17) is 4.74 Å². The minimum absolute atomic E-state index is 0.0560. The lowest BCUT2D eigenvalue weighted by atomic mass is 9.87. The summed E-state index contributed by atoms with van der Waals surface area (Å²) in [6.45, 7) is 10.7. The highest BCUT2D eigenvalue weighted by molar-refractivity contribution is 6.01. The number of phenolic OH excluding ortho intramolecular Hbond substituents is 1. The van der Waals surface area contributed by atoms with Crippen LogP contribution in [0.5, 0.6) is 11.5 Å². The van der Waals surface area contributed by atoms with E-state index < -0.39 is 6.04 Å². The second kappa shape index (κ2) is 15.6. The van der Waals surface area contributed by atoms with Crippen LogP contribution in [0.2, 0.25) is 0 Å². The summed E-state index contributed by atoms with van der Waals surface area (Å²) in [4.78, 5) is 34.7. The topological polar surface area (TPSA) is 88.6 Å². The van der Waals surface area contributed by atoms with Crippen LogP contribution in [0, 0.1) is 5.82 Å². The Labute approximate surface area is 316 Å². The molecule has 10 heteroatoms. The van der Waals surface area contributed by atoms with E-state index >= 15 is 0 Å². The van der Waals surface area contributed by atoms with Gasteiger partial charge in [0.25, 0.3) is 5.91 Å². The Bertz CT molecular complexity index is 2010. The van der Waals surface area contributed by atoms with Crippen molar-refractivity contribution in [2.75, 3.05) is 55.7 Å². The zero-order valence-electron chi connectivity index (χ0n) is 30.7. The van der Waals surface area contributed by atoms with Gasteiger partial charge in [-0.1, -0.05) is 24.8 Å². The first kappa shape index (κ1) is 35.7. The summed E-state index contributed by atoms with van der Waals surface area (Å²) in [5.41, 5.74) is 7.93. The van der Waals surface area contributed by atoms with Crippen molar-refractivity contribution in [2.45, 2.75) is 57.2 Å². The Morgan fingerprint density at radius 2 is 1.57 bits per heavy atom. The van der Waals surface area contributed by atoms with Gasteiger partial charge in [0.2, 0.25) is 5.91 Å². The molecule has 8 rings (SSSR count). The Morgan fingerprint density at radius 1 is 0.796 bits per heavy atom. The molecule has 2 N–H and O–H groups in total. The number of hydrogen-bond acceptors (Lipinski definition) is 7. The van der Waals surface area contributed by atoms with E-state index in [9.17, 15) is 19.1 Å². The van der Waals surface area contributed by atoms with Crippen molar-refractivity contribution in [3.63, 3.8) is 0 Å². The van der Waals surface area contributed by atoms with Crippen LogP contribution in [0.15, 0.2) is 97.2 Å². The number of unbranched alkanes of at least 4 members (excludes halogenated alkanes) is 2. The Hall–Kier alpha value is -5.35. The van der Waals surface area contributed by atoms with Crippen molar-refractivity contribution >= 4 is 23.2 Å². The molecule has 2 saturated heterocycles. The predicted molar refractivity (Wildman–Crippen MR) is 208 cm³/mol. The van der Waals surface area contributed by atoms with Crippen molar-refractivity contribution in [1.82, 2.24) is 15.1 Å². The number of nitrogens with zero attached hydrogens (tertiary/aromatic N) is 4. The zero-order chi connectivity index (χ0) is 37.2. The lowest BCUT2D eigenvalue weighted by molar-refractivity contribution is -0.126. The molecule has 2 unspecified atom stereocenters. The van der Waals surface area contributed by atoms with Crippen molar-refractivity contribution in [3.05, 3.63) is 131 Å². The van der Waals surface area contributed by atoms with Crippen molar-refractivity contribution in [1.29, 1.82) is 0 Å². The van der Waals surface area contributed by atoms with Crippen LogP contribution in [0.3, 0.4) is 0 Å². The molecule has 0 aliphatic carbocycles.